The summed E-state index contributed by atoms with van der Waals surface area (Å²) in [5.41, 5.74) is 21.0. The molecule has 0 aliphatic heterocycles. The van der Waals surface area contributed by atoms with E-state index < -0.39 is 0 Å². The van der Waals surface area contributed by atoms with Crippen LogP contribution in [0.25, 0.3) is 139 Å². The monoisotopic (exact) mass is 1010 g/mol. The molecule has 0 saturated carbocycles. The average molecular weight is 1010 g/mol. The van der Waals surface area contributed by atoms with Gasteiger partial charge in [0.15, 0.2) is 17.5 Å². The molecule has 6 heteroatoms. The van der Waals surface area contributed by atoms with Crippen LogP contribution in [0, 0.1) is 0 Å². The highest BCUT2D eigenvalue weighted by atomic mass is 16.3. The van der Waals surface area contributed by atoms with Crippen molar-refractivity contribution < 1.29 is 4.42 Å². The van der Waals surface area contributed by atoms with Crippen molar-refractivity contribution in [3.05, 3.63) is 241 Å². The zero-order valence-electron chi connectivity index (χ0n) is 44.5. The highest BCUT2D eigenvalue weighted by molar-refractivity contribution is 6.15. The predicted molar refractivity (Wildman–Crippen MR) is 326 cm³/mol. The fraction of sp³-hybridized carbons (Fsp3) is 0.0972. The summed E-state index contributed by atoms with van der Waals surface area (Å²) in [6.07, 6.45) is 2.05. The molecule has 0 N–H and O–H groups in total. The third-order valence-corrected chi connectivity index (χ3v) is 16.1. The van der Waals surface area contributed by atoms with Gasteiger partial charge in [0.1, 0.15) is 11.2 Å². The van der Waals surface area contributed by atoms with Crippen LogP contribution >= 0.6 is 0 Å². The lowest BCUT2D eigenvalue weighted by Gasteiger charge is -2.21. The Morgan fingerprint density at radius 1 is 0.410 bits per heavy atom. The molecule has 0 radical (unpaired) electrons. The van der Waals surface area contributed by atoms with Crippen LogP contribution in [0.1, 0.15) is 58.5 Å². The Balaban J connectivity index is 0.00000273. The van der Waals surface area contributed by atoms with Gasteiger partial charge in [-0.05, 0) is 131 Å². The molecule has 4 heterocycles. The normalized spacial score (nSPS) is 12.9. The summed E-state index contributed by atoms with van der Waals surface area (Å²) >= 11 is 0. The number of aromatic nitrogens is 5. The Kier molecular flexibility index (Phi) is 11.0. The first kappa shape index (κ1) is 46.8. The second-order valence-corrected chi connectivity index (χ2v) is 20.8. The van der Waals surface area contributed by atoms with E-state index in [1.807, 2.05) is 58.0 Å². The van der Waals surface area contributed by atoms with Gasteiger partial charge in [0, 0.05) is 65.8 Å². The molecule has 0 saturated heterocycles. The molecule has 6 nitrogen and oxygen atoms in total. The van der Waals surface area contributed by atoms with Gasteiger partial charge in [-0.15, -0.1) is 0 Å². The number of hydrogen-bond donors (Lipinski definition) is 0. The van der Waals surface area contributed by atoms with E-state index in [-0.39, 0.29) is 5.41 Å². The Labute approximate surface area is 453 Å². The van der Waals surface area contributed by atoms with E-state index in [0.29, 0.717) is 17.5 Å². The summed E-state index contributed by atoms with van der Waals surface area (Å²) in [4.78, 5) is 15.4. The standard InChI is InChI=1S/C70H49N5O.C2H6/c1-5-42(2)67-71-68(73-69(72-67)47-31-34-55-54-24-9-13-30-64(54)76-65(55)40-47)46-19-15-20-48(38-46)75-63-36-33-49(74-61-28-11-7-22-52(61)53-23-8-12-29-62(53)74)41-58(63)56-26-16-25-50(66(56)75)45-18-14-17-43(37-45)44-32-35-60-57(39-44)51-21-6-10-27-59(51)70(60,3)4;1-2/h5-41H,1-4H3;1-2H3/b42-5+;. The molecule has 1 aliphatic carbocycles. The highest BCUT2D eigenvalue weighted by Crippen LogP contribution is 2.50. The van der Waals surface area contributed by atoms with E-state index in [4.69, 9.17) is 19.4 Å². The summed E-state index contributed by atoms with van der Waals surface area (Å²) in [5, 5.41) is 6.94. The summed E-state index contributed by atoms with van der Waals surface area (Å²) < 4.78 is 11.2. The summed E-state index contributed by atoms with van der Waals surface area (Å²) in [7, 11) is 0. The second-order valence-electron chi connectivity index (χ2n) is 20.8. The molecule has 0 unspecified atom stereocenters. The number of nitrogens with zero attached hydrogens (tertiary/aromatic N) is 5. The van der Waals surface area contributed by atoms with E-state index in [0.717, 1.165) is 82.9 Å². The predicted octanol–water partition coefficient (Wildman–Crippen LogP) is 19.4. The molecular formula is C72H55N5O. The molecule has 4 aromatic heterocycles. The number of allylic oxidation sites excluding steroid dienone is 2. The van der Waals surface area contributed by atoms with Gasteiger partial charge in [-0.3, -0.25) is 0 Å². The SMILES string of the molecule is C/C=C(\C)c1nc(-c2cccc(-n3c4ccc(-n5c6ccccc6c6ccccc65)cc4c4cccc(-c5cccc(-c6ccc7c(c6)-c6ccccc6C7(C)C)c5)c43)c2)nc(-c2ccc3c(c2)oc2ccccc23)n1.CC. The number of para-hydroxylation sites is 4. The van der Waals surface area contributed by atoms with Gasteiger partial charge in [-0.25, -0.2) is 15.0 Å². The fourth-order valence-corrected chi connectivity index (χ4v) is 12.3. The van der Waals surface area contributed by atoms with Crippen molar-refractivity contribution in [3.63, 3.8) is 0 Å². The van der Waals surface area contributed by atoms with E-state index in [2.05, 4.69) is 217 Å². The lowest BCUT2D eigenvalue weighted by atomic mass is 9.82. The highest BCUT2D eigenvalue weighted by Gasteiger charge is 2.35. The summed E-state index contributed by atoms with van der Waals surface area (Å²) in [6, 6.07) is 79.2. The van der Waals surface area contributed by atoms with Crippen LogP contribution in [0.4, 0.5) is 0 Å². The molecule has 10 aromatic carbocycles. The maximum Gasteiger partial charge on any atom is 0.164 e. The van der Waals surface area contributed by atoms with Crippen molar-refractivity contribution in [2.75, 3.05) is 0 Å². The van der Waals surface area contributed by atoms with Gasteiger partial charge < -0.3 is 13.6 Å². The number of fused-ring (bicyclic) bond motifs is 12. The largest absolute Gasteiger partial charge is 0.456 e. The zero-order chi connectivity index (χ0) is 52.8. The molecule has 0 atom stereocenters. The third kappa shape index (κ3) is 7.28. The van der Waals surface area contributed by atoms with Gasteiger partial charge >= 0.3 is 0 Å². The maximum absolute atomic E-state index is 6.34. The summed E-state index contributed by atoms with van der Waals surface area (Å²) in [6.45, 7) is 12.8. The van der Waals surface area contributed by atoms with E-state index in [1.54, 1.807) is 0 Å². The minimum atomic E-state index is -0.0567. The molecule has 15 rings (SSSR count). The van der Waals surface area contributed by atoms with Crippen LogP contribution in [0.3, 0.4) is 0 Å². The van der Waals surface area contributed by atoms with Gasteiger partial charge in [0.25, 0.3) is 0 Å². The molecule has 0 bridgehead atoms. The maximum atomic E-state index is 6.34. The number of hydrogen-bond acceptors (Lipinski definition) is 4. The molecule has 374 valence electrons. The number of rotatable bonds is 7. The van der Waals surface area contributed by atoms with Crippen LogP contribution < -0.4 is 0 Å². The Hall–Kier alpha value is -9.65. The molecule has 78 heavy (non-hydrogen) atoms. The zero-order valence-corrected chi connectivity index (χ0v) is 44.5. The van der Waals surface area contributed by atoms with Crippen molar-refractivity contribution >= 4 is 71.1 Å². The smallest absolute Gasteiger partial charge is 0.164 e. The van der Waals surface area contributed by atoms with Crippen LogP contribution in [-0.2, 0) is 5.41 Å². The number of furan rings is 1. The topological polar surface area (TPSA) is 61.7 Å². The van der Waals surface area contributed by atoms with Crippen molar-refractivity contribution in [1.29, 1.82) is 0 Å². The van der Waals surface area contributed by atoms with Gasteiger partial charge in [-0.2, -0.15) is 0 Å². The van der Waals surface area contributed by atoms with Crippen molar-refractivity contribution in [1.82, 2.24) is 24.1 Å². The van der Waals surface area contributed by atoms with Crippen molar-refractivity contribution in [2.24, 2.45) is 0 Å². The minimum Gasteiger partial charge on any atom is -0.456 e. The Morgan fingerprint density at radius 2 is 0.987 bits per heavy atom. The first-order valence-electron chi connectivity index (χ1n) is 27.1. The minimum absolute atomic E-state index is 0.0567. The Bertz CT molecular complexity index is 4720. The molecule has 0 spiro atoms. The molecule has 14 aromatic rings. The first-order valence-corrected chi connectivity index (χ1v) is 27.1. The first-order chi connectivity index (χ1) is 38.3. The van der Waals surface area contributed by atoms with Gasteiger partial charge in [0.2, 0.25) is 0 Å². The molecule has 0 amide bonds. The second kappa shape index (κ2) is 18.3. The van der Waals surface area contributed by atoms with Crippen LogP contribution in [0.2, 0.25) is 0 Å². The third-order valence-electron chi connectivity index (χ3n) is 16.1. The number of benzene rings is 10. The average Bonchev–Trinajstić information content (AvgIpc) is 4.36. The quantitative estimate of drug-likeness (QED) is 0.160. The van der Waals surface area contributed by atoms with E-state index in [9.17, 15) is 0 Å². The van der Waals surface area contributed by atoms with Crippen molar-refractivity contribution in [3.8, 4) is 67.5 Å². The molecular weight excluding hydrogens is 951 g/mol. The van der Waals surface area contributed by atoms with E-state index >= 15 is 0 Å². The lowest BCUT2D eigenvalue weighted by molar-refractivity contribution is 0.660. The van der Waals surface area contributed by atoms with E-state index in [1.165, 1.54) is 55.2 Å². The van der Waals surface area contributed by atoms with Crippen LogP contribution in [-0.4, -0.2) is 24.1 Å². The summed E-state index contributed by atoms with van der Waals surface area (Å²) in [5.74, 6) is 1.81. The molecule has 0 fully saturated rings. The van der Waals surface area contributed by atoms with Crippen molar-refractivity contribution in [2.45, 2.75) is 47.0 Å². The fourth-order valence-electron chi connectivity index (χ4n) is 12.3. The molecule has 1 aliphatic rings. The van der Waals surface area contributed by atoms with Crippen LogP contribution in [0.5, 0.6) is 0 Å². The lowest BCUT2D eigenvalue weighted by Crippen LogP contribution is -2.14. The van der Waals surface area contributed by atoms with Gasteiger partial charge in [-0.1, -0.05) is 179 Å². The van der Waals surface area contributed by atoms with Gasteiger partial charge in [0.05, 0.1) is 22.1 Å². The van der Waals surface area contributed by atoms with Crippen LogP contribution in [0.15, 0.2) is 229 Å². The Morgan fingerprint density at radius 3 is 1.78 bits per heavy atom.